The van der Waals surface area contributed by atoms with Crippen LogP contribution in [-0.2, 0) is 24.1 Å². The van der Waals surface area contributed by atoms with E-state index in [2.05, 4.69) is 132 Å². The summed E-state index contributed by atoms with van der Waals surface area (Å²) in [7, 11) is 0. The summed E-state index contributed by atoms with van der Waals surface area (Å²) in [5.41, 5.74) is 11.9. The lowest BCUT2D eigenvalue weighted by Gasteiger charge is -2.73. The third kappa shape index (κ3) is 9.30. The fourth-order valence-electron chi connectivity index (χ4n) is 21.5. The summed E-state index contributed by atoms with van der Waals surface area (Å²) in [5.74, 6) is 1.24. The molecule has 4 saturated carbocycles. The Hall–Kier alpha value is -5.23. The molecule has 0 aliphatic heterocycles. The van der Waals surface area contributed by atoms with Gasteiger partial charge in [-0.3, -0.25) is 4.79 Å². The van der Waals surface area contributed by atoms with E-state index in [1.54, 1.807) is 23.3 Å². The lowest BCUT2D eigenvalue weighted by atomic mass is 9.30. The molecule has 9 aliphatic rings. The second-order valence-corrected chi connectivity index (χ2v) is 29.8. The van der Waals surface area contributed by atoms with Crippen molar-refractivity contribution in [3.8, 4) is 16.9 Å². The highest BCUT2D eigenvalue weighted by molar-refractivity contribution is 5.78. The zero-order valence-electron chi connectivity index (χ0n) is 50.9. The molecule has 83 heavy (non-hydrogen) atoms. The van der Waals surface area contributed by atoms with Gasteiger partial charge >= 0.3 is 5.97 Å². The number of aromatic hydroxyl groups is 1. The molecule has 5 nitrogen and oxygen atoms in total. The van der Waals surface area contributed by atoms with E-state index < -0.39 is 34.9 Å². The molecular formula is C78H96O5. The van der Waals surface area contributed by atoms with Gasteiger partial charge in [0.05, 0.1) is 18.1 Å². The van der Waals surface area contributed by atoms with Gasteiger partial charge in [0.2, 0.25) is 0 Å². The number of benzene rings is 4. The summed E-state index contributed by atoms with van der Waals surface area (Å²) in [4.78, 5) is 14.3. The quantitative estimate of drug-likeness (QED) is 0.0838. The molecule has 5 heteroatoms. The minimum absolute atomic E-state index is 0.0845. The van der Waals surface area contributed by atoms with E-state index in [4.69, 9.17) is 6.58 Å². The number of aliphatic hydroxyl groups is 2. The first-order chi connectivity index (χ1) is 40.0. The summed E-state index contributed by atoms with van der Waals surface area (Å²) in [6, 6.07) is 34.9. The fraction of sp³-hybridized carbons (Fsp3) is 0.551. The van der Waals surface area contributed by atoms with Gasteiger partial charge in [0.1, 0.15) is 5.75 Å². The molecule has 9 aliphatic carbocycles. The van der Waals surface area contributed by atoms with Gasteiger partial charge in [0.25, 0.3) is 0 Å². The number of rotatable bonds is 16. The van der Waals surface area contributed by atoms with E-state index >= 15 is 0 Å². The minimum Gasteiger partial charge on any atom is -0.508 e. The fourth-order valence-corrected chi connectivity index (χ4v) is 21.5. The molecule has 0 aromatic heterocycles. The van der Waals surface area contributed by atoms with Gasteiger partial charge < -0.3 is 20.4 Å². The van der Waals surface area contributed by atoms with Crippen LogP contribution in [0.1, 0.15) is 173 Å². The Morgan fingerprint density at radius 1 is 0.783 bits per heavy atom. The Bertz CT molecular complexity index is 3350. The Morgan fingerprint density at radius 2 is 1.53 bits per heavy atom. The van der Waals surface area contributed by atoms with E-state index in [1.807, 2.05) is 12.1 Å². The van der Waals surface area contributed by atoms with Crippen LogP contribution in [0.4, 0.5) is 0 Å². The first kappa shape index (κ1) is 56.9. The zero-order valence-corrected chi connectivity index (χ0v) is 50.9. The Kier molecular flexibility index (Phi) is 15.0. The normalized spacial score (nSPS) is 35.0. The van der Waals surface area contributed by atoms with Crippen LogP contribution in [0.25, 0.3) is 22.8 Å². The molecular weight excluding hydrogens is 1020 g/mol. The number of phenols is 1. The van der Waals surface area contributed by atoms with Gasteiger partial charge in [-0.2, -0.15) is 0 Å². The topological polar surface area (TPSA) is 98.0 Å². The van der Waals surface area contributed by atoms with Gasteiger partial charge in [-0.25, -0.2) is 0 Å². The van der Waals surface area contributed by atoms with E-state index in [0.717, 1.165) is 101 Å². The van der Waals surface area contributed by atoms with Crippen LogP contribution in [0, 0.1) is 80.3 Å². The van der Waals surface area contributed by atoms with Crippen molar-refractivity contribution < 1.29 is 25.2 Å². The summed E-state index contributed by atoms with van der Waals surface area (Å²) < 4.78 is 0. The number of carbonyl (C=O) groups is 1. The standard InChI is InChI=1S/C78H96O5/c1-49(2)24-28-57-21-14-23-61-63(57)45-67-65(64(61)44-54-18-13-22-58(43-54)56-29-33-60(79)34-30-56)46-76-39-15-38-74(5)70(81)37-41-77(67,73(74)76)66-36-40-75(6)71(62(72(82)83)35-25-50(3)51(4)55-19-11-8-12-20-55)69(80)48-78(75,68(66)47-76)59-31-26-53(27-32-59)42-52-16-9-7-10-17-52/h7,9-10,13-18,21-23,29-30,33-34,39,43,45-46,49,51,53,55,59,62,67,69-71,73,79-81H,3,8,11-12,19-20,24-28,31-32,35-38,40-42,44,47-48H2,1-2,4-6H3,(H,82,83)/t51-,53?,59?,62-,67+,69-,70+,71+,73-,74-,75-,76-,77-,78-/m1/s1. The third-order valence-electron chi connectivity index (χ3n) is 25.3. The van der Waals surface area contributed by atoms with Crippen LogP contribution in [0.2, 0.25) is 0 Å². The number of aryl methyl sites for hydroxylation is 1. The number of allylic oxidation sites excluding steroid dienone is 7. The highest BCUT2D eigenvalue weighted by atomic mass is 16.4. The van der Waals surface area contributed by atoms with Crippen molar-refractivity contribution in [3.05, 3.63) is 171 Å². The molecule has 438 valence electrons. The number of carboxylic acid groups (broad SMARTS) is 1. The Morgan fingerprint density at radius 3 is 2.28 bits per heavy atom. The molecule has 4 fully saturated rings. The van der Waals surface area contributed by atoms with Gasteiger partial charge in [0.15, 0.2) is 0 Å². The second-order valence-electron chi connectivity index (χ2n) is 29.8. The molecule has 4 aromatic carbocycles. The van der Waals surface area contributed by atoms with Crippen molar-refractivity contribution in [1.82, 2.24) is 0 Å². The largest absolute Gasteiger partial charge is 0.508 e. The van der Waals surface area contributed by atoms with Gasteiger partial charge in [0, 0.05) is 33.5 Å². The highest BCUT2D eigenvalue weighted by Gasteiger charge is 2.76. The number of phenolic OH excluding ortho intramolecular Hbond substituents is 1. The molecule has 4 aromatic rings. The lowest BCUT2D eigenvalue weighted by Crippen LogP contribution is -2.68. The van der Waals surface area contributed by atoms with Crippen LogP contribution in [0.3, 0.4) is 0 Å². The Balaban J connectivity index is 0.983. The molecule has 0 radical (unpaired) electrons. The number of carboxylic acids is 1. The molecule has 12 atom stereocenters. The van der Waals surface area contributed by atoms with Gasteiger partial charge in [-0.05, 0) is 224 Å². The predicted molar refractivity (Wildman–Crippen MR) is 337 cm³/mol. The van der Waals surface area contributed by atoms with Crippen molar-refractivity contribution in [1.29, 1.82) is 0 Å². The molecule has 0 amide bonds. The zero-order chi connectivity index (χ0) is 57.6. The maximum atomic E-state index is 14.3. The lowest BCUT2D eigenvalue weighted by molar-refractivity contribution is -0.164. The molecule has 0 unspecified atom stereocenters. The van der Waals surface area contributed by atoms with Gasteiger partial charge in [-0.1, -0.05) is 186 Å². The van der Waals surface area contributed by atoms with Crippen molar-refractivity contribution in [2.45, 2.75) is 188 Å². The van der Waals surface area contributed by atoms with Crippen LogP contribution in [0.5, 0.6) is 5.75 Å². The maximum absolute atomic E-state index is 14.3. The summed E-state index contributed by atoms with van der Waals surface area (Å²) in [6.45, 7) is 16.7. The summed E-state index contributed by atoms with van der Waals surface area (Å²) in [6.07, 6.45) is 31.4. The van der Waals surface area contributed by atoms with E-state index in [9.17, 15) is 25.2 Å². The average Bonchev–Trinajstić information content (AvgIpc) is 1.56. The molecule has 4 N–H and O–H groups in total. The van der Waals surface area contributed by atoms with E-state index in [0.29, 0.717) is 48.9 Å². The number of aliphatic carboxylic acids is 1. The summed E-state index contributed by atoms with van der Waals surface area (Å²) in [5, 5.41) is 50.9. The van der Waals surface area contributed by atoms with Crippen molar-refractivity contribution in [2.75, 3.05) is 0 Å². The van der Waals surface area contributed by atoms with Crippen molar-refractivity contribution in [2.24, 2.45) is 80.3 Å². The first-order valence-corrected chi connectivity index (χ1v) is 33.2. The highest BCUT2D eigenvalue weighted by Crippen LogP contribution is 2.82. The van der Waals surface area contributed by atoms with Crippen LogP contribution < -0.4 is 10.4 Å². The summed E-state index contributed by atoms with van der Waals surface area (Å²) >= 11 is 0. The van der Waals surface area contributed by atoms with E-state index in [-0.39, 0.29) is 39.7 Å². The predicted octanol–water partition coefficient (Wildman–Crippen LogP) is 16.3. The van der Waals surface area contributed by atoms with Crippen LogP contribution >= 0.6 is 0 Å². The third-order valence-corrected chi connectivity index (χ3v) is 25.3. The van der Waals surface area contributed by atoms with Crippen LogP contribution in [0.15, 0.2) is 144 Å². The number of aliphatic hydroxyl groups excluding tert-OH is 2. The second kappa shape index (κ2) is 21.9. The number of fused-ring (bicyclic) bond motifs is 4. The minimum atomic E-state index is -0.742. The molecule has 0 heterocycles. The molecule has 13 rings (SSSR count). The van der Waals surface area contributed by atoms with Gasteiger partial charge in [-0.15, -0.1) is 0 Å². The van der Waals surface area contributed by atoms with E-state index in [1.165, 1.54) is 76.0 Å². The SMILES string of the molecule is C=C(CC[C@@H](C(=O)O)[C@H]1[C@H](O)C[C@@]2(C3CCC(Cc4ccccc4)CC3)C3=C(CC[C@]12C)[C@]12CC[C@H](O)[C@@]4(C)CC=C[C@@](C=C5C(Cc6cccc(-c7ccc(O)cc7)c6)=c6cccc(CCC(C)C)c6=C[C@@H]51)(C3)[C@@H]42)[C@@H](C)C1CCCCC1. The molecule has 2 bridgehead atoms. The number of hydrogen-bond acceptors (Lipinski definition) is 4. The maximum Gasteiger partial charge on any atom is 0.306 e. The monoisotopic (exact) mass is 1110 g/mol. The molecule has 0 spiro atoms. The average molecular weight is 1110 g/mol. The smallest absolute Gasteiger partial charge is 0.306 e. The van der Waals surface area contributed by atoms with Crippen molar-refractivity contribution >= 4 is 17.6 Å². The Labute approximate surface area is 496 Å². The first-order valence-electron chi connectivity index (χ1n) is 33.2. The number of hydrogen-bond donors (Lipinski definition) is 4. The molecule has 0 saturated heterocycles. The van der Waals surface area contributed by atoms with Crippen molar-refractivity contribution in [3.63, 3.8) is 0 Å². The van der Waals surface area contributed by atoms with Crippen LogP contribution in [-0.4, -0.2) is 38.6 Å².